The van der Waals surface area contributed by atoms with Crippen LogP contribution < -0.4 is 21.1 Å². The molecule has 24 heavy (non-hydrogen) atoms. The second-order valence-corrected chi connectivity index (χ2v) is 8.47. The van der Waals surface area contributed by atoms with E-state index in [0.717, 1.165) is 11.3 Å². The summed E-state index contributed by atoms with van der Waals surface area (Å²) in [6.07, 6.45) is 0. The summed E-state index contributed by atoms with van der Waals surface area (Å²) in [5.74, 6) is -0.772. The highest BCUT2D eigenvalue weighted by Crippen LogP contribution is 2.20. The van der Waals surface area contributed by atoms with Crippen LogP contribution in [0.25, 0.3) is 0 Å². The molecule has 5 N–H and O–H groups in total. The lowest BCUT2D eigenvalue weighted by Gasteiger charge is -2.15. The van der Waals surface area contributed by atoms with E-state index in [1.54, 1.807) is 6.07 Å². The molecule has 11 heteroatoms. The fourth-order valence-corrected chi connectivity index (χ4v) is 3.67. The second kappa shape index (κ2) is 9.94. The minimum absolute atomic E-state index is 0. The Morgan fingerprint density at radius 1 is 1.25 bits per heavy atom. The van der Waals surface area contributed by atoms with Gasteiger partial charge in [0.2, 0.25) is 21.8 Å². The number of carbonyl (C=O) groups excluding carboxylic acids is 2. The Balaban J connectivity index is 0.00000529. The molecule has 8 nitrogen and oxygen atoms in total. The van der Waals surface area contributed by atoms with E-state index in [1.165, 1.54) is 13.1 Å². The van der Waals surface area contributed by atoms with Gasteiger partial charge in [-0.1, -0.05) is 13.8 Å². The SMILES string of the molecule is CNS(=O)(=O)c1ccc(CNC(=O)CNC(=O)[C@@H](N)C(C)C)s1.Cl. The molecule has 0 radical (unpaired) electrons. The maximum atomic E-state index is 11.7. The van der Waals surface area contributed by atoms with Crippen molar-refractivity contribution in [1.82, 2.24) is 15.4 Å². The third-order valence-corrected chi connectivity index (χ3v) is 6.07. The quantitative estimate of drug-likeness (QED) is 0.481. The average Bonchev–Trinajstić information content (AvgIpc) is 2.99. The maximum Gasteiger partial charge on any atom is 0.249 e. The third-order valence-electron chi connectivity index (χ3n) is 3.07. The molecule has 0 aliphatic rings. The number of halogens is 1. The van der Waals surface area contributed by atoms with Crippen molar-refractivity contribution in [3.63, 3.8) is 0 Å². The molecule has 2 amide bonds. The zero-order chi connectivity index (χ0) is 17.6. The number of sulfonamides is 1. The number of carbonyl (C=O) groups is 2. The summed E-state index contributed by atoms with van der Waals surface area (Å²) < 4.78 is 25.6. The Morgan fingerprint density at radius 3 is 2.42 bits per heavy atom. The average molecular weight is 399 g/mol. The number of hydrogen-bond donors (Lipinski definition) is 4. The van der Waals surface area contributed by atoms with Gasteiger partial charge in [0.05, 0.1) is 19.1 Å². The first-order valence-electron chi connectivity index (χ1n) is 6.99. The molecular weight excluding hydrogens is 376 g/mol. The standard InChI is InChI=1S/C13H22N4O4S2.ClH/c1-8(2)12(14)13(19)17-7-10(18)16-6-9-4-5-11(22-9)23(20,21)15-3;/h4-5,8,12,15H,6-7,14H2,1-3H3,(H,16,18)(H,17,19);1H/t12-;/m0./s1. The van der Waals surface area contributed by atoms with Gasteiger partial charge in [0.1, 0.15) is 4.21 Å². The Kier molecular flexibility index (Phi) is 9.45. The Labute approximate surface area is 152 Å². The van der Waals surface area contributed by atoms with Crippen LogP contribution >= 0.6 is 23.7 Å². The summed E-state index contributed by atoms with van der Waals surface area (Å²) in [4.78, 5) is 24.0. The molecule has 0 aromatic carbocycles. The van der Waals surface area contributed by atoms with Gasteiger partial charge in [-0.25, -0.2) is 13.1 Å². The van der Waals surface area contributed by atoms with E-state index in [2.05, 4.69) is 15.4 Å². The molecule has 0 bridgehead atoms. The van der Waals surface area contributed by atoms with Crippen molar-refractivity contribution in [3.8, 4) is 0 Å². The molecule has 1 atom stereocenters. The van der Waals surface area contributed by atoms with Gasteiger partial charge in [-0.3, -0.25) is 9.59 Å². The van der Waals surface area contributed by atoms with Crippen LogP contribution in [0.15, 0.2) is 16.3 Å². The molecule has 1 rings (SSSR count). The van der Waals surface area contributed by atoms with E-state index in [4.69, 9.17) is 5.73 Å². The van der Waals surface area contributed by atoms with E-state index in [9.17, 15) is 18.0 Å². The monoisotopic (exact) mass is 398 g/mol. The van der Waals surface area contributed by atoms with Gasteiger partial charge in [-0.15, -0.1) is 23.7 Å². The zero-order valence-corrected chi connectivity index (χ0v) is 16.1. The highest BCUT2D eigenvalue weighted by Gasteiger charge is 2.18. The van der Waals surface area contributed by atoms with Crippen molar-refractivity contribution >= 4 is 45.6 Å². The Morgan fingerprint density at radius 2 is 1.88 bits per heavy atom. The van der Waals surface area contributed by atoms with Crippen molar-refractivity contribution in [2.75, 3.05) is 13.6 Å². The van der Waals surface area contributed by atoms with E-state index >= 15 is 0 Å². The highest BCUT2D eigenvalue weighted by molar-refractivity contribution is 7.91. The summed E-state index contributed by atoms with van der Waals surface area (Å²) >= 11 is 1.07. The first-order valence-corrected chi connectivity index (χ1v) is 9.29. The van der Waals surface area contributed by atoms with E-state index in [0.29, 0.717) is 4.88 Å². The van der Waals surface area contributed by atoms with Gasteiger partial charge < -0.3 is 16.4 Å². The zero-order valence-electron chi connectivity index (χ0n) is 13.7. The highest BCUT2D eigenvalue weighted by atomic mass is 35.5. The molecule has 1 aromatic rings. The molecule has 0 saturated carbocycles. The van der Waals surface area contributed by atoms with Gasteiger partial charge in [-0.2, -0.15) is 0 Å². The van der Waals surface area contributed by atoms with Crippen molar-refractivity contribution in [2.45, 2.75) is 30.6 Å². The second-order valence-electron chi connectivity index (χ2n) is 5.19. The largest absolute Gasteiger partial charge is 0.350 e. The fourth-order valence-electron chi connectivity index (χ4n) is 1.53. The van der Waals surface area contributed by atoms with Gasteiger partial charge in [0.25, 0.3) is 0 Å². The van der Waals surface area contributed by atoms with Gasteiger partial charge >= 0.3 is 0 Å². The van der Waals surface area contributed by atoms with Crippen LogP contribution in [0.1, 0.15) is 18.7 Å². The lowest BCUT2D eigenvalue weighted by Crippen LogP contribution is -2.47. The normalized spacial score (nSPS) is 12.4. The van der Waals surface area contributed by atoms with Crippen LogP contribution in [0, 0.1) is 5.92 Å². The van der Waals surface area contributed by atoms with Crippen LogP contribution in [0.4, 0.5) is 0 Å². The summed E-state index contributed by atoms with van der Waals surface area (Å²) in [7, 11) is -2.14. The van der Waals surface area contributed by atoms with E-state index in [1.807, 2.05) is 13.8 Å². The molecule has 0 spiro atoms. The molecule has 0 aliphatic heterocycles. The fraction of sp³-hybridized carbons (Fsp3) is 0.538. The van der Waals surface area contributed by atoms with Crippen LogP contribution in [0.3, 0.4) is 0 Å². The van der Waals surface area contributed by atoms with Crippen LogP contribution in [-0.4, -0.2) is 39.9 Å². The summed E-state index contributed by atoms with van der Waals surface area (Å²) in [6.45, 7) is 3.65. The Hall–Kier alpha value is -1.20. The minimum atomic E-state index is -3.47. The predicted molar refractivity (Wildman–Crippen MR) is 95.5 cm³/mol. The summed E-state index contributed by atoms with van der Waals surface area (Å²) in [6, 6.07) is 2.44. The van der Waals surface area contributed by atoms with E-state index < -0.39 is 16.1 Å². The molecule has 138 valence electrons. The number of nitrogens with one attached hydrogen (secondary N) is 3. The number of hydrogen-bond acceptors (Lipinski definition) is 6. The van der Waals surface area contributed by atoms with Crippen molar-refractivity contribution < 1.29 is 18.0 Å². The maximum absolute atomic E-state index is 11.7. The predicted octanol–water partition coefficient (Wildman–Crippen LogP) is -0.206. The van der Waals surface area contributed by atoms with Gasteiger partial charge in [0.15, 0.2) is 0 Å². The Bertz CT molecular complexity index is 661. The van der Waals surface area contributed by atoms with Gasteiger partial charge in [-0.05, 0) is 25.1 Å². The number of amides is 2. The topological polar surface area (TPSA) is 130 Å². The lowest BCUT2D eigenvalue weighted by atomic mass is 10.1. The molecule has 0 aliphatic carbocycles. The van der Waals surface area contributed by atoms with Crippen molar-refractivity contribution in [2.24, 2.45) is 11.7 Å². The first kappa shape index (κ1) is 22.8. The molecular formula is C13H23ClN4O4S2. The molecule has 0 unspecified atom stereocenters. The van der Waals surface area contributed by atoms with Gasteiger partial charge in [0, 0.05) is 4.88 Å². The van der Waals surface area contributed by atoms with Crippen molar-refractivity contribution in [1.29, 1.82) is 0 Å². The molecule has 1 heterocycles. The molecule has 0 saturated heterocycles. The molecule has 0 fully saturated rings. The van der Waals surface area contributed by atoms with Crippen LogP contribution in [-0.2, 0) is 26.2 Å². The number of nitrogens with two attached hydrogens (primary N) is 1. The van der Waals surface area contributed by atoms with Crippen LogP contribution in [0.2, 0.25) is 0 Å². The first-order chi connectivity index (χ1) is 10.7. The van der Waals surface area contributed by atoms with Crippen LogP contribution in [0.5, 0.6) is 0 Å². The minimum Gasteiger partial charge on any atom is -0.350 e. The summed E-state index contributed by atoms with van der Waals surface area (Å²) in [5.41, 5.74) is 5.66. The van der Waals surface area contributed by atoms with E-state index in [-0.39, 0.29) is 47.4 Å². The lowest BCUT2D eigenvalue weighted by molar-refractivity contribution is -0.127. The smallest absolute Gasteiger partial charge is 0.249 e. The number of thiophene rings is 1. The van der Waals surface area contributed by atoms with Crippen molar-refractivity contribution in [3.05, 3.63) is 17.0 Å². The molecule has 1 aromatic heterocycles. The summed E-state index contributed by atoms with van der Waals surface area (Å²) in [5, 5.41) is 5.07. The third kappa shape index (κ3) is 6.73. The number of rotatable bonds is 8.